The Morgan fingerprint density at radius 3 is 2.00 bits per heavy atom. The van der Waals surface area contributed by atoms with Gasteiger partial charge in [-0.15, -0.1) is 0 Å². The second-order valence-electron chi connectivity index (χ2n) is 2.37. The summed E-state index contributed by atoms with van der Waals surface area (Å²) < 4.78 is 4.85. The van der Waals surface area contributed by atoms with Crippen LogP contribution in [0.25, 0.3) is 0 Å². The highest BCUT2D eigenvalue weighted by Gasteiger charge is 2.26. The topological polar surface area (TPSA) is 29.5 Å². The SMILES string of the molecule is C=C(OC)C(O)(CC)CC. The van der Waals surface area contributed by atoms with Gasteiger partial charge in [-0.3, -0.25) is 0 Å². The summed E-state index contributed by atoms with van der Waals surface area (Å²) in [5.41, 5.74) is -0.825. The van der Waals surface area contributed by atoms with Gasteiger partial charge in [0.1, 0.15) is 11.4 Å². The second-order valence-corrected chi connectivity index (χ2v) is 2.37. The zero-order valence-electron chi connectivity index (χ0n) is 6.98. The molecule has 0 aliphatic rings. The van der Waals surface area contributed by atoms with Gasteiger partial charge in [-0.1, -0.05) is 20.4 Å². The van der Waals surface area contributed by atoms with Crippen molar-refractivity contribution in [1.82, 2.24) is 0 Å². The highest BCUT2D eigenvalue weighted by Crippen LogP contribution is 2.23. The van der Waals surface area contributed by atoms with Gasteiger partial charge in [0.25, 0.3) is 0 Å². The van der Waals surface area contributed by atoms with E-state index in [1.165, 1.54) is 7.11 Å². The average Bonchev–Trinajstić information content (AvgIpc) is 2.01. The lowest BCUT2D eigenvalue weighted by atomic mass is 9.96. The van der Waals surface area contributed by atoms with Crippen molar-refractivity contribution in [3.8, 4) is 0 Å². The van der Waals surface area contributed by atoms with Crippen LogP contribution in [0.5, 0.6) is 0 Å². The highest BCUT2D eigenvalue weighted by molar-refractivity contribution is 5.03. The normalized spacial score (nSPS) is 11.2. The predicted molar refractivity (Wildman–Crippen MR) is 41.7 cm³/mol. The zero-order chi connectivity index (χ0) is 8.20. The maximum absolute atomic E-state index is 9.67. The van der Waals surface area contributed by atoms with Crippen molar-refractivity contribution in [2.45, 2.75) is 32.3 Å². The molecule has 0 aromatic carbocycles. The number of ether oxygens (including phenoxy) is 1. The molecule has 0 bridgehead atoms. The van der Waals surface area contributed by atoms with Crippen LogP contribution in [-0.4, -0.2) is 17.8 Å². The Morgan fingerprint density at radius 1 is 1.50 bits per heavy atom. The Labute approximate surface area is 62.5 Å². The van der Waals surface area contributed by atoms with E-state index in [-0.39, 0.29) is 0 Å². The molecule has 0 unspecified atom stereocenters. The van der Waals surface area contributed by atoms with Crippen LogP contribution < -0.4 is 0 Å². The Balaban J connectivity index is 4.17. The molecule has 0 atom stereocenters. The van der Waals surface area contributed by atoms with E-state index in [0.717, 1.165) is 0 Å². The quantitative estimate of drug-likeness (QED) is 0.608. The third-order valence-corrected chi connectivity index (χ3v) is 1.94. The van der Waals surface area contributed by atoms with Crippen LogP contribution in [0.15, 0.2) is 12.3 Å². The summed E-state index contributed by atoms with van der Waals surface area (Å²) in [4.78, 5) is 0. The largest absolute Gasteiger partial charge is 0.499 e. The lowest BCUT2D eigenvalue weighted by Gasteiger charge is -2.25. The lowest BCUT2D eigenvalue weighted by Crippen LogP contribution is -2.29. The number of hydrogen-bond acceptors (Lipinski definition) is 2. The van der Waals surface area contributed by atoms with Gasteiger partial charge in [0.15, 0.2) is 0 Å². The van der Waals surface area contributed by atoms with Crippen molar-refractivity contribution in [3.05, 3.63) is 12.3 Å². The van der Waals surface area contributed by atoms with Crippen LogP contribution in [0.1, 0.15) is 26.7 Å². The van der Waals surface area contributed by atoms with Crippen molar-refractivity contribution in [2.75, 3.05) is 7.11 Å². The van der Waals surface area contributed by atoms with E-state index in [0.29, 0.717) is 18.6 Å². The molecule has 1 N–H and O–H groups in total. The van der Waals surface area contributed by atoms with Crippen molar-refractivity contribution in [2.24, 2.45) is 0 Å². The average molecular weight is 144 g/mol. The smallest absolute Gasteiger partial charge is 0.120 e. The Bertz CT molecular complexity index is 114. The van der Waals surface area contributed by atoms with Gasteiger partial charge in [0.2, 0.25) is 0 Å². The molecular formula is C8H16O2. The van der Waals surface area contributed by atoms with Crippen LogP contribution in [-0.2, 0) is 4.74 Å². The molecule has 0 amide bonds. The fraction of sp³-hybridized carbons (Fsp3) is 0.750. The molecule has 0 saturated carbocycles. The van der Waals surface area contributed by atoms with Gasteiger partial charge < -0.3 is 9.84 Å². The van der Waals surface area contributed by atoms with Crippen LogP contribution >= 0.6 is 0 Å². The van der Waals surface area contributed by atoms with Crippen LogP contribution in [0.2, 0.25) is 0 Å². The van der Waals surface area contributed by atoms with Gasteiger partial charge in [-0.2, -0.15) is 0 Å². The van der Waals surface area contributed by atoms with Gasteiger partial charge in [0, 0.05) is 0 Å². The molecule has 0 aliphatic carbocycles. The monoisotopic (exact) mass is 144 g/mol. The molecular weight excluding hydrogens is 128 g/mol. The Hall–Kier alpha value is -0.500. The van der Waals surface area contributed by atoms with Gasteiger partial charge in [-0.05, 0) is 12.8 Å². The summed E-state index contributed by atoms with van der Waals surface area (Å²) in [6, 6.07) is 0. The molecule has 10 heavy (non-hydrogen) atoms. The zero-order valence-corrected chi connectivity index (χ0v) is 6.98. The highest BCUT2D eigenvalue weighted by atomic mass is 16.5. The van der Waals surface area contributed by atoms with Crippen molar-refractivity contribution < 1.29 is 9.84 Å². The minimum absolute atomic E-state index is 0.456. The van der Waals surface area contributed by atoms with Crippen molar-refractivity contribution in [3.63, 3.8) is 0 Å². The molecule has 0 aromatic heterocycles. The maximum atomic E-state index is 9.67. The fourth-order valence-electron chi connectivity index (χ4n) is 0.834. The number of hydrogen-bond donors (Lipinski definition) is 1. The van der Waals surface area contributed by atoms with Crippen LogP contribution in [0.4, 0.5) is 0 Å². The van der Waals surface area contributed by atoms with E-state index >= 15 is 0 Å². The Morgan fingerprint density at radius 2 is 1.90 bits per heavy atom. The second kappa shape index (κ2) is 3.62. The van der Waals surface area contributed by atoms with Crippen molar-refractivity contribution in [1.29, 1.82) is 0 Å². The number of rotatable bonds is 4. The first kappa shape index (κ1) is 9.50. The van der Waals surface area contributed by atoms with E-state index < -0.39 is 5.60 Å². The summed E-state index contributed by atoms with van der Waals surface area (Å²) in [5, 5.41) is 9.67. The number of methoxy groups -OCH3 is 1. The molecule has 2 nitrogen and oxygen atoms in total. The number of aliphatic hydroxyl groups is 1. The van der Waals surface area contributed by atoms with E-state index in [1.54, 1.807) is 0 Å². The minimum atomic E-state index is -0.825. The third-order valence-electron chi connectivity index (χ3n) is 1.94. The van der Waals surface area contributed by atoms with Crippen molar-refractivity contribution >= 4 is 0 Å². The molecule has 0 saturated heterocycles. The summed E-state index contributed by atoms with van der Waals surface area (Å²) in [6.07, 6.45) is 1.30. The van der Waals surface area contributed by atoms with E-state index in [2.05, 4.69) is 6.58 Å². The first-order valence-corrected chi connectivity index (χ1v) is 3.56. The van der Waals surface area contributed by atoms with Crippen LogP contribution in [0, 0.1) is 0 Å². The predicted octanol–water partition coefficient (Wildman–Crippen LogP) is 1.70. The summed E-state index contributed by atoms with van der Waals surface area (Å²) in [7, 11) is 1.53. The first-order valence-electron chi connectivity index (χ1n) is 3.56. The molecule has 0 aromatic rings. The maximum Gasteiger partial charge on any atom is 0.120 e. The summed E-state index contributed by atoms with van der Waals surface area (Å²) >= 11 is 0. The fourth-order valence-corrected chi connectivity index (χ4v) is 0.834. The summed E-state index contributed by atoms with van der Waals surface area (Å²) in [6.45, 7) is 7.44. The molecule has 0 aliphatic heterocycles. The minimum Gasteiger partial charge on any atom is -0.499 e. The molecule has 60 valence electrons. The third kappa shape index (κ3) is 1.74. The molecule has 0 spiro atoms. The van der Waals surface area contributed by atoms with Gasteiger partial charge in [-0.25, -0.2) is 0 Å². The van der Waals surface area contributed by atoms with E-state index in [4.69, 9.17) is 4.74 Å². The van der Waals surface area contributed by atoms with Gasteiger partial charge in [0.05, 0.1) is 7.11 Å². The van der Waals surface area contributed by atoms with Gasteiger partial charge >= 0.3 is 0 Å². The van der Waals surface area contributed by atoms with E-state index in [9.17, 15) is 5.11 Å². The summed E-state index contributed by atoms with van der Waals surface area (Å²) in [5.74, 6) is 0.456. The van der Waals surface area contributed by atoms with E-state index in [1.807, 2.05) is 13.8 Å². The molecule has 0 fully saturated rings. The molecule has 0 heterocycles. The molecule has 2 heteroatoms. The standard InChI is InChI=1S/C8H16O2/c1-5-8(9,6-2)7(3)10-4/h9H,3,5-6H2,1-2,4H3. The first-order chi connectivity index (χ1) is 4.60. The Kier molecular flexibility index (Phi) is 3.43. The molecule has 0 rings (SSSR count). The lowest BCUT2D eigenvalue weighted by molar-refractivity contribution is 0.0170. The van der Waals surface area contributed by atoms with Crippen LogP contribution in [0.3, 0.4) is 0 Å². The molecule has 0 radical (unpaired) electrons.